The maximum atomic E-state index is 12.4. The molecule has 5 nitrogen and oxygen atoms in total. The van der Waals surface area contributed by atoms with Crippen molar-refractivity contribution in [3.63, 3.8) is 0 Å². The first-order valence-electron chi connectivity index (χ1n) is 10.6. The molecule has 0 radical (unpaired) electrons. The van der Waals surface area contributed by atoms with E-state index in [4.69, 9.17) is 0 Å². The largest absolute Gasteiger partial charge is 0.338 e. The highest BCUT2D eigenvalue weighted by atomic mass is 32.2. The smallest absolute Gasteiger partial charge is 0.314 e. The number of urea groups is 1. The van der Waals surface area contributed by atoms with Crippen molar-refractivity contribution in [2.24, 2.45) is 0 Å². The van der Waals surface area contributed by atoms with Crippen molar-refractivity contribution < 1.29 is 9.59 Å². The van der Waals surface area contributed by atoms with Gasteiger partial charge in [0.15, 0.2) is 0 Å². The average molecular weight is 426 g/mol. The normalized spacial score (nSPS) is 12.9. The molecule has 0 unspecified atom stereocenters. The Labute approximate surface area is 183 Å². The van der Waals surface area contributed by atoms with E-state index in [-0.39, 0.29) is 11.9 Å². The molecular formula is C24H31N3O2S. The van der Waals surface area contributed by atoms with Crippen molar-refractivity contribution in [1.29, 1.82) is 0 Å². The summed E-state index contributed by atoms with van der Waals surface area (Å²) in [5.74, 6) is 1.99. The number of nitrogens with one attached hydrogen (secondary N) is 2. The minimum absolute atomic E-state index is 0.162. The van der Waals surface area contributed by atoms with Gasteiger partial charge < -0.3 is 15.5 Å². The van der Waals surface area contributed by atoms with E-state index < -0.39 is 0 Å². The van der Waals surface area contributed by atoms with Crippen LogP contribution >= 0.6 is 11.8 Å². The lowest BCUT2D eigenvalue weighted by atomic mass is 9.99. The highest BCUT2D eigenvalue weighted by molar-refractivity contribution is 7.98. The quantitative estimate of drug-likeness (QED) is 0.599. The fourth-order valence-corrected chi connectivity index (χ4v) is 4.30. The summed E-state index contributed by atoms with van der Waals surface area (Å²) < 4.78 is 0. The van der Waals surface area contributed by atoms with Crippen LogP contribution < -0.4 is 10.6 Å². The number of hydrogen-bond donors (Lipinski definition) is 2. The number of carbonyl (C=O) groups excluding carboxylic acids is 2. The van der Waals surface area contributed by atoms with E-state index in [2.05, 4.69) is 60.0 Å². The van der Waals surface area contributed by atoms with Crippen LogP contribution in [0.15, 0.2) is 48.5 Å². The minimum atomic E-state index is -0.162. The molecule has 0 saturated carbocycles. The van der Waals surface area contributed by atoms with Crippen LogP contribution in [0, 0.1) is 6.92 Å². The van der Waals surface area contributed by atoms with Gasteiger partial charge in [-0.1, -0.05) is 54.1 Å². The van der Waals surface area contributed by atoms with Crippen LogP contribution in [0.4, 0.5) is 4.79 Å². The molecule has 0 saturated heterocycles. The second-order valence-corrected chi connectivity index (χ2v) is 8.76. The predicted molar refractivity (Wildman–Crippen MR) is 124 cm³/mol. The molecule has 0 fully saturated rings. The summed E-state index contributed by atoms with van der Waals surface area (Å²) in [7, 11) is 0. The van der Waals surface area contributed by atoms with Crippen molar-refractivity contribution in [2.75, 3.05) is 25.4 Å². The molecule has 1 heterocycles. The second-order valence-electron chi connectivity index (χ2n) is 7.66. The fraction of sp³-hybridized carbons (Fsp3) is 0.417. The van der Waals surface area contributed by atoms with E-state index in [1.54, 1.807) is 11.8 Å². The van der Waals surface area contributed by atoms with Gasteiger partial charge in [-0.25, -0.2) is 4.79 Å². The lowest BCUT2D eigenvalue weighted by Gasteiger charge is -2.29. The van der Waals surface area contributed by atoms with Gasteiger partial charge in [-0.15, -0.1) is 0 Å². The Kier molecular flexibility index (Phi) is 8.63. The first-order chi connectivity index (χ1) is 14.6. The third kappa shape index (κ3) is 7.10. The molecule has 6 heteroatoms. The van der Waals surface area contributed by atoms with E-state index in [0.717, 1.165) is 24.5 Å². The van der Waals surface area contributed by atoms with Crippen LogP contribution in [0.2, 0.25) is 0 Å². The van der Waals surface area contributed by atoms with Gasteiger partial charge in [0.1, 0.15) is 0 Å². The Bertz CT molecular complexity index is 839. The van der Waals surface area contributed by atoms with Gasteiger partial charge in [-0.3, -0.25) is 4.79 Å². The molecule has 2 aromatic carbocycles. The molecule has 1 aliphatic heterocycles. The summed E-state index contributed by atoms with van der Waals surface area (Å²) in [6, 6.07) is 16.7. The van der Waals surface area contributed by atoms with E-state index in [9.17, 15) is 9.59 Å². The number of carbonyl (C=O) groups is 2. The standard InChI is InChI=1S/C24H31N3O2S/c1-19-8-10-20(11-9-19)18-30-16-14-26-24(29)25-13-4-7-23(28)27-15-12-21-5-2-3-6-22(21)17-27/h2-3,5-6,8-11H,4,7,12-18H2,1H3,(H2,25,26,29). The Morgan fingerprint density at radius 1 is 1.00 bits per heavy atom. The van der Waals surface area contributed by atoms with Crippen molar-refractivity contribution >= 4 is 23.7 Å². The molecule has 3 rings (SSSR count). The lowest BCUT2D eigenvalue weighted by Crippen LogP contribution is -2.38. The van der Waals surface area contributed by atoms with Crippen molar-refractivity contribution in [2.45, 2.75) is 38.5 Å². The molecule has 0 spiro atoms. The molecule has 2 aromatic rings. The lowest BCUT2D eigenvalue weighted by molar-refractivity contribution is -0.132. The monoisotopic (exact) mass is 425 g/mol. The maximum absolute atomic E-state index is 12.4. The topological polar surface area (TPSA) is 61.4 Å². The van der Waals surface area contributed by atoms with Gasteiger partial charge in [-0.05, 0) is 36.5 Å². The third-order valence-electron chi connectivity index (χ3n) is 5.26. The van der Waals surface area contributed by atoms with Gasteiger partial charge in [0.2, 0.25) is 5.91 Å². The molecule has 1 aliphatic rings. The maximum Gasteiger partial charge on any atom is 0.314 e. The summed E-state index contributed by atoms with van der Waals surface area (Å²) in [6.07, 6.45) is 2.05. The molecule has 160 valence electrons. The summed E-state index contributed by atoms with van der Waals surface area (Å²) in [5, 5.41) is 5.72. The van der Waals surface area contributed by atoms with Crippen LogP contribution in [0.5, 0.6) is 0 Å². The predicted octanol–water partition coefficient (Wildman–Crippen LogP) is 3.89. The summed E-state index contributed by atoms with van der Waals surface area (Å²) >= 11 is 1.80. The van der Waals surface area contributed by atoms with Gasteiger partial charge in [0.25, 0.3) is 0 Å². The first-order valence-corrected chi connectivity index (χ1v) is 11.8. The van der Waals surface area contributed by atoms with Gasteiger partial charge >= 0.3 is 6.03 Å². The zero-order valence-electron chi connectivity index (χ0n) is 17.7. The zero-order valence-corrected chi connectivity index (χ0v) is 18.5. The highest BCUT2D eigenvalue weighted by Gasteiger charge is 2.19. The third-order valence-corrected chi connectivity index (χ3v) is 6.29. The summed E-state index contributed by atoms with van der Waals surface area (Å²) in [6.45, 7) is 4.71. The Morgan fingerprint density at radius 2 is 1.73 bits per heavy atom. The second kappa shape index (κ2) is 11.6. The number of benzene rings is 2. The van der Waals surface area contributed by atoms with E-state index in [1.165, 1.54) is 22.3 Å². The van der Waals surface area contributed by atoms with Crippen LogP contribution in [-0.4, -0.2) is 42.2 Å². The fourth-order valence-electron chi connectivity index (χ4n) is 3.48. The van der Waals surface area contributed by atoms with Gasteiger partial charge in [0, 0.05) is 44.1 Å². The minimum Gasteiger partial charge on any atom is -0.338 e. The molecular weight excluding hydrogens is 394 g/mol. The van der Waals surface area contributed by atoms with E-state index >= 15 is 0 Å². The number of amides is 3. The van der Waals surface area contributed by atoms with Crippen molar-refractivity contribution in [3.8, 4) is 0 Å². The number of rotatable bonds is 9. The molecule has 3 amide bonds. The molecule has 0 atom stereocenters. The Balaban J connectivity index is 1.22. The van der Waals surface area contributed by atoms with E-state index in [1.807, 2.05) is 11.0 Å². The van der Waals surface area contributed by atoms with Crippen molar-refractivity contribution in [3.05, 3.63) is 70.8 Å². The SMILES string of the molecule is Cc1ccc(CSCCNC(=O)NCCCC(=O)N2CCc3ccccc3C2)cc1. The van der Waals surface area contributed by atoms with Crippen LogP contribution in [0.1, 0.15) is 35.1 Å². The number of nitrogens with zero attached hydrogens (tertiary/aromatic N) is 1. The molecule has 0 aliphatic carbocycles. The highest BCUT2D eigenvalue weighted by Crippen LogP contribution is 2.19. The number of aryl methyl sites for hydroxylation is 1. The van der Waals surface area contributed by atoms with Gasteiger partial charge in [-0.2, -0.15) is 11.8 Å². The van der Waals surface area contributed by atoms with Crippen molar-refractivity contribution in [1.82, 2.24) is 15.5 Å². The Hall–Kier alpha value is -2.47. The van der Waals surface area contributed by atoms with Gasteiger partial charge in [0.05, 0.1) is 0 Å². The van der Waals surface area contributed by atoms with E-state index in [0.29, 0.717) is 32.5 Å². The summed E-state index contributed by atoms with van der Waals surface area (Å²) in [4.78, 5) is 26.2. The number of fused-ring (bicyclic) bond motifs is 1. The van der Waals surface area contributed by atoms with Crippen LogP contribution in [0.3, 0.4) is 0 Å². The molecule has 30 heavy (non-hydrogen) atoms. The van der Waals surface area contributed by atoms with Crippen LogP contribution in [-0.2, 0) is 23.5 Å². The average Bonchev–Trinajstić information content (AvgIpc) is 2.77. The number of hydrogen-bond acceptors (Lipinski definition) is 3. The first kappa shape index (κ1) is 22.2. The summed E-state index contributed by atoms with van der Waals surface area (Å²) in [5.41, 5.74) is 5.16. The zero-order chi connectivity index (χ0) is 21.2. The molecule has 2 N–H and O–H groups in total. The number of thioether (sulfide) groups is 1. The molecule has 0 aromatic heterocycles. The van der Waals surface area contributed by atoms with Crippen LogP contribution in [0.25, 0.3) is 0 Å². The Morgan fingerprint density at radius 3 is 2.53 bits per heavy atom. The molecule has 0 bridgehead atoms.